The third kappa shape index (κ3) is 5.17. The maximum atomic E-state index is 14.4. The Balaban J connectivity index is 1.71. The van der Waals surface area contributed by atoms with Gasteiger partial charge in [-0.2, -0.15) is 0 Å². The Hall–Kier alpha value is -3.24. The second-order valence-corrected chi connectivity index (χ2v) is 16.8. The van der Waals surface area contributed by atoms with E-state index in [1.54, 1.807) is 0 Å². The lowest BCUT2D eigenvalue weighted by atomic mass is 9.33. The molecule has 0 aromatic heterocycles. The summed E-state index contributed by atoms with van der Waals surface area (Å²) in [6, 6.07) is 0. The predicted molar refractivity (Wildman–Crippen MR) is 175 cm³/mol. The molecule has 0 aromatic carbocycles. The summed E-state index contributed by atoms with van der Waals surface area (Å²) in [5, 5.41) is 0. The van der Waals surface area contributed by atoms with E-state index in [1.165, 1.54) is 35.0 Å². The van der Waals surface area contributed by atoms with Crippen LogP contribution in [0.5, 0.6) is 0 Å². The normalized spacial score (nSPS) is 42.0. The van der Waals surface area contributed by atoms with E-state index in [4.69, 9.17) is 23.7 Å². The van der Waals surface area contributed by atoms with Gasteiger partial charge in [-0.1, -0.05) is 46.3 Å². The van der Waals surface area contributed by atoms with Crippen LogP contribution in [0.3, 0.4) is 0 Å². The van der Waals surface area contributed by atoms with Crippen molar-refractivity contribution < 1.29 is 52.5 Å². The van der Waals surface area contributed by atoms with Crippen LogP contribution in [0.1, 0.15) is 107 Å². The van der Waals surface area contributed by atoms with E-state index < -0.39 is 87.0 Å². The number of carbonyl (C=O) groups is 6. The van der Waals surface area contributed by atoms with Crippen molar-refractivity contribution in [2.24, 2.45) is 50.2 Å². The second kappa shape index (κ2) is 12.2. The van der Waals surface area contributed by atoms with Crippen LogP contribution >= 0.6 is 0 Å². The molecule has 0 spiro atoms. The molecule has 4 saturated carbocycles. The van der Waals surface area contributed by atoms with Crippen molar-refractivity contribution >= 4 is 35.6 Å². The van der Waals surface area contributed by atoms with Crippen LogP contribution in [-0.2, 0) is 52.5 Å². The summed E-state index contributed by atoms with van der Waals surface area (Å²) >= 11 is 0. The van der Waals surface area contributed by atoms with Crippen molar-refractivity contribution in [3.8, 4) is 0 Å². The number of hydrogen-bond donors (Lipinski definition) is 0. The maximum absolute atomic E-state index is 14.4. The van der Waals surface area contributed by atoms with E-state index in [0.717, 1.165) is 5.57 Å². The monoisotopic (exact) mass is 686 g/mol. The summed E-state index contributed by atoms with van der Waals surface area (Å²) in [6.45, 7) is 13.9. The molecule has 0 heterocycles. The number of Topliss-reactive ketones (excluding diaryl/α,β-unsaturated/α-hetero) is 1. The second-order valence-electron chi connectivity index (χ2n) is 16.8. The minimum atomic E-state index is -1.67. The zero-order valence-electron chi connectivity index (χ0n) is 30.8. The number of ketones is 1. The van der Waals surface area contributed by atoms with Crippen molar-refractivity contribution in [2.45, 2.75) is 119 Å². The number of methoxy groups -OCH3 is 2. The Bertz CT molecular complexity index is 1480. The topological polar surface area (TPSA) is 149 Å². The lowest BCUT2D eigenvalue weighted by Gasteiger charge is -2.71. The van der Waals surface area contributed by atoms with E-state index in [2.05, 4.69) is 26.8 Å². The minimum Gasteiger partial charge on any atom is -0.469 e. The molecule has 11 heteroatoms. The highest BCUT2D eigenvalue weighted by Gasteiger charge is 2.75. The average Bonchev–Trinajstić information content (AvgIpc) is 3.01. The summed E-state index contributed by atoms with van der Waals surface area (Å²) in [7, 11) is 2.65. The SMILES string of the molecule is COC(=O)[C@]12CCC(C)(C)C(=O)[C@H]1C1=CC[C@@H]3[C@@]4(C)C[C@@H](OC(C)=O)[C@H](OC(C)=O)[C@@](COC(C)=O)(C(=O)OC)[C@@H]4CC[C@@]3(C)[C@]1(C)CC2. The molecule has 5 aliphatic rings. The number of carbonyl (C=O) groups excluding carboxylic acids is 6. The van der Waals surface area contributed by atoms with Gasteiger partial charge < -0.3 is 23.7 Å². The number of fused-ring (bicyclic) bond motifs is 7. The summed E-state index contributed by atoms with van der Waals surface area (Å²) < 4.78 is 28.2. The van der Waals surface area contributed by atoms with Gasteiger partial charge in [-0.15, -0.1) is 0 Å². The molecule has 0 unspecified atom stereocenters. The number of esters is 5. The van der Waals surface area contributed by atoms with Crippen LogP contribution in [0.4, 0.5) is 0 Å². The molecule has 49 heavy (non-hydrogen) atoms. The molecule has 0 amide bonds. The van der Waals surface area contributed by atoms with E-state index in [1.807, 2.05) is 13.8 Å². The summed E-state index contributed by atoms with van der Waals surface area (Å²) in [6.07, 6.45) is 4.23. The zero-order valence-corrected chi connectivity index (χ0v) is 30.8. The zero-order chi connectivity index (χ0) is 36.5. The van der Waals surface area contributed by atoms with Crippen LogP contribution in [0.2, 0.25) is 0 Å². The quantitative estimate of drug-likeness (QED) is 0.203. The third-order valence-electron chi connectivity index (χ3n) is 14.2. The van der Waals surface area contributed by atoms with Crippen LogP contribution in [0, 0.1) is 50.2 Å². The molecule has 5 rings (SSSR count). The molecule has 0 aromatic rings. The van der Waals surface area contributed by atoms with E-state index in [-0.39, 0.29) is 24.1 Å². The van der Waals surface area contributed by atoms with Crippen molar-refractivity contribution in [1.82, 2.24) is 0 Å². The van der Waals surface area contributed by atoms with Crippen LogP contribution < -0.4 is 0 Å². The van der Waals surface area contributed by atoms with Gasteiger partial charge in [0.25, 0.3) is 0 Å². The molecule has 0 aliphatic heterocycles. The number of rotatable bonds is 6. The van der Waals surface area contributed by atoms with Gasteiger partial charge in [0.15, 0.2) is 6.10 Å². The van der Waals surface area contributed by atoms with Gasteiger partial charge in [-0.05, 0) is 79.4 Å². The molecular weight excluding hydrogens is 632 g/mol. The summed E-state index contributed by atoms with van der Waals surface area (Å²) in [5.41, 5.74) is -3.77. The fourth-order valence-electron chi connectivity index (χ4n) is 11.7. The Labute approximate surface area is 289 Å². The van der Waals surface area contributed by atoms with Crippen molar-refractivity contribution in [3.63, 3.8) is 0 Å². The minimum absolute atomic E-state index is 0.0752. The largest absolute Gasteiger partial charge is 0.469 e. The van der Waals surface area contributed by atoms with E-state index >= 15 is 0 Å². The highest BCUT2D eigenvalue weighted by Crippen LogP contribution is 2.76. The summed E-state index contributed by atoms with van der Waals surface area (Å²) in [5.74, 6) is -4.03. The average molecular weight is 687 g/mol. The van der Waals surface area contributed by atoms with Crippen molar-refractivity contribution in [1.29, 1.82) is 0 Å². The Kier molecular flexibility index (Phi) is 9.23. The first-order valence-corrected chi connectivity index (χ1v) is 17.6. The predicted octanol–water partition coefficient (Wildman–Crippen LogP) is 5.31. The first-order chi connectivity index (χ1) is 22.7. The standard InChI is InChI=1S/C38H54O11/c1-21(39)47-20-38(32(44)46-10)27-13-14-36(8)26(34(27,6)19-25(48-22(2)40)30(38)49-23(3)41)12-11-24-28-29(42)33(4,5)15-17-37(28,31(43)45-9)18-16-35(24,36)7/h11,25-28,30H,12-20H2,1-10H3/t25-,26-,27-,28-,30+,34-,35-,36-,37+,38+/m1/s1. The molecule has 11 nitrogen and oxygen atoms in total. The fourth-order valence-corrected chi connectivity index (χ4v) is 11.7. The van der Waals surface area contributed by atoms with Gasteiger partial charge in [-0.25, -0.2) is 0 Å². The number of allylic oxidation sites excluding steroid dienone is 2. The fraction of sp³-hybridized carbons (Fsp3) is 0.789. The van der Waals surface area contributed by atoms with Crippen LogP contribution in [0.15, 0.2) is 11.6 Å². The van der Waals surface area contributed by atoms with Crippen molar-refractivity contribution in [2.75, 3.05) is 20.8 Å². The summed E-state index contributed by atoms with van der Waals surface area (Å²) in [4.78, 5) is 79.7. The lowest BCUT2D eigenvalue weighted by molar-refractivity contribution is -0.261. The first-order valence-electron chi connectivity index (χ1n) is 17.6. The van der Waals surface area contributed by atoms with Crippen LogP contribution in [0.25, 0.3) is 0 Å². The third-order valence-corrected chi connectivity index (χ3v) is 14.2. The van der Waals surface area contributed by atoms with Crippen LogP contribution in [-0.4, -0.2) is 68.7 Å². The maximum Gasteiger partial charge on any atom is 0.319 e. The molecule has 0 radical (unpaired) electrons. The van der Waals surface area contributed by atoms with Gasteiger partial charge >= 0.3 is 29.8 Å². The molecule has 5 aliphatic carbocycles. The molecule has 10 atom stereocenters. The molecule has 4 fully saturated rings. The molecule has 0 N–H and O–H groups in total. The first kappa shape index (κ1) is 37.0. The van der Waals surface area contributed by atoms with Crippen molar-refractivity contribution in [3.05, 3.63) is 11.6 Å². The van der Waals surface area contributed by atoms with Gasteiger partial charge in [0.05, 0.1) is 25.6 Å². The van der Waals surface area contributed by atoms with E-state index in [0.29, 0.717) is 44.9 Å². The van der Waals surface area contributed by atoms with Gasteiger partial charge in [0.2, 0.25) is 0 Å². The Morgan fingerprint density at radius 2 is 1.39 bits per heavy atom. The molecular formula is C38H54O11. The number of ether oxygens (including phenoxy) is 5. The van der Waals surface area contributed by atoms with E-state index in [9.17, 15) is 28.8 Å². The van der Waals surface area contributed by atoms with Gasteiger partial charge in [0, 0.05) is 26.2 Å². The molecule has 272 valence electrons. The Morgan fingerprint density at radius 3 is 1.96 bits per heavy atom. The Morgan fingerprint density at radius 1 is 0.776 bits per heavy atom. The highest BCUT2D eigenvalue weighted by atomic mass is 16.6. The van der Waals surface area contributed by atoms with Gasteiger partial charge in [-0.3, -0.25) is 28.8 Å². The molecule has 0 bridgehead atoms. The van der Waals surface area contributed by atoms with Gasteiger partial charge in [0.1, 0.15) is 23.9 Å². The smallest absolute Gasteiger partial charge is 0.319 e. The number of hydrogen-bond acceptors (Lipinski definition) is 11. The lowest BCUT2D eigenvalue weighted by Crippen LogP contribution is -2.72. The molecule has 0 saturated heterocycles. The highest BCUT2D eigenvalue weighted by molar-refractivity contribution is 5.96.